The molecule has 0 aromatic heterocycles. The summed E-state index contributed by atoms with van der Waals surface area (Å²) in [6.07, 6.45) is 4.23. The first kappa shape index (κ1) is 18.2. The molecular weight excluding hydrogens is 164 g/mol. The van der Waals surface area contributed by atoms with E-state index in [9.17, 15) is 4.79 Å². The summed E-state index contributed by atoms with van der Waals surface area (Å²) in [5, 5.41) is 0. The van der Waals surface area contributed by atoms with Crippen LogP contribution in [0.3, 0.4) is 0 Å². The van der Waals surface area contributed by atoms with E-state index in [2.05, 4.69) is 6.58 Å². The van der Waals surface area contributed by atoms with Crippen LogP contribution in [0.1, 0.15) is 41.0 Å². The highest BCUT2D eigenvalue weighted by Gasteiger charge is 2.07. The Labute approximate surface area is 83.0 Å². The minimum absolute atomic E-state index is 0. The van der Waals surface area contributed by atoms with Gasteiger partial charge in [-0.15, -0.1) is 6.58 Å². The highest BCUT2D eigenvalue weighted by atomic mass is 16.5. The number of ether oxygens (including phenoxy) is 1. The first-order valence-electron chi connectivity index (χ1n) is 3.83. The van der Waals surface area contributed by atoms with Crippen LogP contribution in [0.4, 0.5) is 0 Å². The van der Waals surface area contributed by atoms with Crippen LogP contribution in [0.15, 0.2) is 12.7 Å². The third kappa shape index (κ3) is 11.4. The molecule has 0 bridgehead atoms. The Morgan fingerprint density at radius 3 is 2.38 bits per heavy atom. The summed E-state index contributed by atoms with van der Waals surface area (Å²) in [4.78, 5) is 10.7. The molecule has 0 saturated heterocycles. The minimum Gasteiger partial charge on any atom is -0.381 e. The number of rotatable bonds is 6. The van der Waals surface area contributed by atoms with Crippen molar-refractivity contribution in [2.45, 2.75) is 47.1 Å². The molecule has 0 radical (unpaired) electrons. The predicted octanol–water partition coefficient (Wildman–Crippen LogP) is 3.22. The standard InChI is InChI=1S/C9H16O2.2CH4/c1-4-5-6-9(11-3)7-8(2)10;;/h4,9H,1,5-7H2,2-3H3;2*1H4. The van der Waals surface area contributed by atoms with Crippen molar-refractivity contribution in [3.63, 3.8) is 0 Å². The molecule has 0 aliphatic heterocycles. The second kappa shape index (κ2) is 11.4. The number of carbonyl (C=O) groups excluding carboxylic acids is 1. The number of allylic oxidation sites excluding steroid dienone is 1. The van der Waals surface area contributed by atoms with Crippen LogP contribution < -0.4 is 0 Å². The van der Waals surface area contributed by atoms with Crippen LogP contribution in [-0.2, 0) is 9.53 Å². The van der Waals surface area contributed by atoms with Gasteiger partial charge in [-0.05, 0) is 19.8 Å². The topological polar surface area (TPSA) is 26.3 Å². The van der Waals surface area contributed by atoms with Gasteiger partial charge in [-0.1, -0.05) is 20.9 Å². The lowest BCUT2D eigenvalue weighted by Crippen LogP contribution is -2.13. The van der Waals surface area contributed by atoms with E-state index in [0.717, 1.165) is 12.8 Å². The van der Waals surface area contributed by atoms with Gasteiger partial charge in [-0.2, -0.15) is 0 Å². The maximum atomic E-state index is 10.7. The largest absolute Gasteiger partial charge is 0.381 e. The van der Waals surface area contributed by atoms with Crippen molar-refractivity contribution in [3.05, 3.63) is 12.7 Å². The van der Waals surface area contributed by atoms with E-state index in [0.29, 0.717) is 6.42 Å². The van der Waals surface area contributed by atoms with Gasteiger partial charge in [0.25, 0.3) is 0 Å². The van der Waals surface area contributed by atoms with Gasteiger partial charge in [-0.3, -0.25) is 4.79 Å². The lowest BCUT2D eigenvalue weighted by molar-refractivity contribution is -0.119. The van der Waals surface area contributed by atoms with Crippen LogP contribution in [-0.4, -0.2) is 19.0 Å². The van der Waals surface area contributed by atoms with Gasteiger partial charge < -0.3 is 4.74 Å². The fourth-order valence-corrected chi connectivity index (χ4v) is 0.928. The summed E-state index contributed by atoms with van der Waals surface area (Å²) in [6, 6.07) is 0. The zero-order valence-electron chi connectivity index (χ0n) is 7.30. The average Bonchev–Trinajstić information content (AvgIpc) is 1.97. The number of methoxy groups -OCH3 is 1. The van der Waals surface area contributed by atoms with Crippen molar-refractivity contribution in [1.29, 1.82) is 0 Å². The Bertz CT molecular complexity index is 130. The van der Waals surface area contributed by atoms with Gasteiger partial charge in [0.1, 0.15) is 5.78 Å². The van der Waals surface area contributed by atoms with Gasteiger partial charge in [0.2, 0.25) is 0 Å². The number of hydrogen-bond acceptors (Lipinski definition) is 2. The van der Waals surface area contributed by atoms with Gasteiger partial charge in [-0.25, -0.2) is 0 Å². The summed E-state index contributed by atoms with van der Waals surface area (Å²) >= 11 is 0. The summed E-state index contributed by atoms with van der Waals surface area (Å²) < 4.78 is 5.09. The second-order valence-corrected chi connectivity index (χ2v) is 2.63. The number of carbonyl (C=O) groups is 1. The van der Waals surface area contributed by atoms with Crippen LogP contribution >= 0.6 is 0 Å². The van der Waals surface area contributed by atoms with Crippen molar-refractivity contribution in [3.8, 4) is 0 Å². The highest BCUT2D eigenvalue weighted by Crippen LogP contribution is 2.06. The summed E-state index contributed by atoms with van der Waals surface area (Å²) in [5.74, 6) is 0.181. The molecule has 0 aromatic carbocycles. The highest BCUT2D eigenvalue weighted by molar-refractivity contribution is 5.75. The van der Waals surface area contributed by atoms with Crippen LogP contribution in [0, 0.1) is 0 Å². The third-order valence-electron chi connectivity index (χ3n) is 1.54. The zero-order chi connectivity index (χ0) is 8.69. The molecule has 80 valence electrons. The molecule has 2 nitrogen and oxygen atoms in total. The number of ketones is 1. The molecule has 0 aromatic rings. The predicted molar refractivity (Wildman–Crippen MR) is 59.0 cm³/mol. The smallest absolute Gasteiger partial charge is 0.132 e. The van der Waals surface area contributed by atoms with E-state index in [1.807, 2.05) is 6.08 Å². The first-order chi connectivity index (χ1) is 5.20. The van der Waals surface area contributed by atoms with Gasteiger partial charge >= 0.3 is 0 Å². The Morgan fingerprint density at radius 2 is 2.08 bits per heavy atom. The Kier molecular flexibility index (Phi) is 15.9. The number of hydrogen-bond donors (Lipinski definition) is 0. The van der Waals surface area contributed by atoms with E-state index >= 15 is 0 Å². The summed E-state index contributed by atoms with van der Waals surface area (Å²) in [5.41, 5.74) is 0. The SMILES string of the molecule is C.C.C=CCCC(CC(C)=O)OC. The Hall–Kier alpha value is -0.630. The minimum atomic E-state index is 0. The molecule has 0 aliphatic carbocycles. The molecule has 0 N–H and O–H groups in total. The van der Waals surface area contributed by atoms with Gasteiger partial charge in [0.05, 0.1) is 6.10 Å². The van der Waals surface area contributed by atoms with E-state index in [1.54, 1.807) is 14.0 Å². The van der Waals surface area contributed by atoms with Crippen molar-refractivity contribution < 1.29 is 9.53 Å². The Morgan fingerprint density at radius 1 is 1.54 bits per heavy atom. The molecule has 0 saturated carbocycles. The van der Waals surface area contributed by atoms with Gasteiger partial charge in [0.15, 0.2) is 0 Å². The van der Waals surface area contributed by atoms with Crippen LogP contribution in [0.25, 0.3) is 0 Å². The van der Waals surface area contributed by atoms with E-state index in [1.165, 1.54) is 0 Å². The number of Topliss-reactive ketones (excluding diaryl/α,β-unsaturated/α-hetero) is 1. The van der Waals surface area contributed by atoms with E-state index < -0.39 is 0 Å². The Balaban J connectivity index is -0.000000500. The maximum Gasteiger partial charge on any atom is 0.132 e. The van der Waals surface area contributed by atoms with Crippen LogP contribution in [0.2, 0.25) is 0 Å². The second-order valence-electron chi connectivity index (χ2n) is 2.63. The molecule has 0 heterocycles. The lowest BCUT2D eigenvalue weighted by atomic mass is 10.1. The average molecular weight is 188 g/mol. The maximum absolute atomic E-state index is 10.7. The fraction of sp³-hybridized carbons (Fsp3) is 0.727. The van der Waals surface area contributed by atoms with E-state index in [4.69, 9.17) is 4.74 Å². The molecule has 0 aliphatic rings. The molecule has 0 spiro atoms. The fourth-order valence-electron chi connectivity index (χ4n) is 0.928. The van der Waals surface area contributed by atoms with Crippen molar-refractivity contribution >= 4 is 5.78 Å². The third-order valence-corrected chi connectivity index (χ3v) is 1.54. The molecule has 0 rings (SSSR count). The van der Waals surface area contributed by atoms with Crippen molar-refractivity contribution in [2.75, 3.05) is 7.11 Å². The molecule has 0 fully saturated rings. The quantitative estimate of drug-likeness (QED) is 0.598. The molecule has 1 unspecified atom stereocenters. The molecular formula is C11H24O2. The van der Waals surface area contributed by atoms with Crippen molar-refractivity contribution in [2.24, 2.45) is 0 Å². The van der Waals surface area contributed by atoms with Crippen molar-refractivity contribution in [1.82, 2.24) is 0 Å². The van der Waals surface area contributed by atoms with Crippen LogP contribution in [0.5, 0.6) is 0 Å². The molecule has 13 heavy (non-hydrogen) atoms. The van der Waals surface area contributed by atoms with Gasteiger partial charge in [0, 0.05) is 13.5 Å². The first-order valence-corrected chi connectivity index (χ1v) is 3.83. The zero-order valence-corrected chi connectivity index (χ0v) is 7.30. The molecule has 2 heteroatoms. The summed E-state index contributed by atoms with van der Waals surface area (Å²) in [7, 11) is 1.64. The van der Waals surface area contributed by atoms with E-state index in [-0.39, 0.29) is 26.7 Å². The normalized spacial score (nSPS) is 10.6. The molecule has 1 atom stereocenters. The summed E-state index contributed by atoms with van der Waals surface area (Å²) in [6.45, 7) is 5.19. The lowest BCUT2D eigenvalue weighted by Gasteiger charge is -2.11. The monoisotopic (exact) mass is 188 g/mol. The molecule has 0 amide bonds.